The van der Waals surface area contributed by atoms with Gasteiger partial charge in [-0.05, 0) is 36.8 Å². The molecule has 0 atom stereocenters. The van der Waals surface area contributed by atoms with Crippen LogP contribution in [0.4, 0.5) is 0 Å². The smallest absolute Gasteiger partial charge is 0.352 e. The molecule has 1 saturated heterocycles. The summed E-state index contributed by atoms with van der Waals surface area (Å²) in [5.41, 5.74) is 2.69. The number of nitrogens with zero attached hydrogens (tertiary/aromatic N) is 5. The third-order valence-corrected chi connectivity index (χ3v) is 7.86. The number of fused-ring (bicyclic) bond motifs is 5. The number of morpholine rings is 1. The molecule has 4 heterocycles. The lowest BCUT2D eigenvalue weighted by Gasteiger charge is -2.27. The van der Waals surface area contributed by atoms with E-state index in [2.05, 4.69) is 5.10 Å². The Morgan fingerprint density at radius 3 is 2.70 bits per heavy atom. The van der Waals surface area contributed by atoms with Gasteiger partial charge in [-0.15, -0.1) is 16.4 Å². The molecule has 2 aliphatic rings. The lowest BCUT2D eigenvalue weighted by Crippen LogP contribution is -2.44. The summed E-state index contributed by atoms with van der Waals surface area (Å²) in [4.78, 5) is 35.4. The summed E-state index contributed by atoms with van der Waals surface area (Å²) in [6, 6.07) is 10.0. The Labute approximate surface area is 194 Å². The number of rotatable bonds is 4. The standard InChI is InChI=1S/C24H25N5O3S/c30-20(27-10-12-32-13-11-27)15-28-23-21(17-8-4-5-9-18(17)33-23)22-25-19(26-29(22)24(28)31)14-16-6-2-1-3-7-16/h1-3,6-7H,4-5,8-15H2. The lowest BCUT2D eigenvalue weighted by molar-refractivity contribution is -0.135. The topological polar surface area (TPSA) is 81.7 Å². The van der Waals surface area contributed by atoms with E-state index in [-0.39, 0.29) is 18.1 Å². The Kier molecular flexibility index (Phi) is 5.22. The van der Waals surface area contributed by atoms with Gasteiger partial charge in [0.1, 0.15) is 11.4 Å². The number of benzene rings is 1. The van der Waals surface area contributed by atoms with Crippen LogP contribution in [-0.4, -0.2) is 56.3 Å². The largest absolute Gasteiger partial charge is 0.378 e. The van der Waals surface area contributed by atoms with Crippen LogP contribution in [0, 0.1) is 0 Å². The highest BCUT2D eigenvalue weighted by molar-refractivity contribution is 7.19. The van der Waals surface area contributed by atoms with Gasteiger partial charge in [0.2, 0.25) is 5.91 Å². The van der Waals surface area contributed by atoms with Crippen LogP contribution in [0.1, 0.15) is 34.7 Å². The molecule has 0 bridgehead atoms. The maximum atomic E-state index is 13.6. The minimum Gasteiger partial charge on any atom is -0.378 e. The van der Waals surface area contributed by atoms with Crippen molar-refractivity contribution in [3.63, 3.8) is 0 Å². The van der Waals surface area contributed by atoms with Crippen LogP contribution in [0.25, 0.3) is 15.9 Å². The minimum absolute atomic E-state index is 0.0124. The van der Waals surface area contributed by atoms with Gasteiger partial charge >= 0.3 is 5.69 Å². The first-order valence-corrected chi connectivity index (χ1v) is 12.3. The molecule has 0 N–H and O–H groups in total. The fourth-order valence-corrected chi connectivity index (χ4v) is 6.24. The van der Waals surface area contributed by atoms with E-state index in [0.717, 1.165) is 41.5 Å². The molecule has 0 unspecified atom stereocenters. The Bertz CT molecular complexity index is 1400. The zero-order valence-corrected chi connectivity index (χ0v) is 19.1. The van der Waals surface area contributed by atoms with Gasteiger partial charge in [-0.1, -0.05) is 30.3 Å². The molecule has 0 spiro atoms. The first-order chi connectivity index (χ1) is 16.2. The molecule has 1 aliphatic carbocycles. The fraction of sp³-hybridized carbons (Fsp3) is 0.417. The number of hydrogen-bond acceptors (Lipinski definition) is 6. The number of amides is 1. The third-order valence-electron chi connectivity index (χ3n) is 6.55. The van der Waals surface area contributed by atoms with Gasteiger partial charge in [-0.25, -0.2) is 9.78 Å². The lowest BCUT2D eigenvalue weighted by atomic mass is 9.97. The van der Waals surface area contributed by atoms with Gasteiger partial charge in [0, 0.05) is 24.4 Å². The van der Waals surface area contributed by atoms with Crippen molar-refractivity contribution in [3.05, 3.63) is 62.6 Å². The van der Waals surface area contributed by atoms with E-state index in [1.807, 2.05) is 30.3 Å². The summed E-state index contributed by atoms with van der Waals surface area (Å²) in [6.45, 7) is 2.20. The predicted molar refractivity (Wildman–Crippen MR) is 126 cm³/mol. The monoisotopic (exact) mass is 463 g/mol. The second-order valence-corrected chi connectivity index (χ2v) is 9.76. The van der Waals surface area contributed by atoms with Gasteiger partial charge < -0.3 is 9.64 Å². The van der Waals surface area contributed by atoms with E-state index >= 15 is 0 Å². The van der Waals surface area contributed by atoms with Crippen molar-refractivity contribution in [2.45, 2.75) is 38.6 Å². The number of carbonyl (C=O) groups is 1. The zero-order valence-electron chi connectivity index (χ0n) is 18.3. The molecule has 1 fully saturated rings. The van der Waals surface area contributed by atoms with Gasteiger partial charge in [0.15, 0.2) is 11.5 Å². The highest BCUT2D eigenvalue weighted by Gasteiger charge is 2.26. The van der Waals surface area contributed by atoms with E-state index in [9.17, 15) is 9.59 Å². The Balaban J connectivity index is 1.50. The number of aryl methyl sites for hydroxylation is 2. The number of hydrogen-bond donors (Lipinski definition) is 0. The van der Waals surface area contributed by atoms with Crippen LogP contribution in [0.2, 0.25) is 0 Å². The Morgan fingerprint density at radius 2 is 1.88 bits per heavy atom. The number of aromatic nitrogens is 4. The van der Waals surface area contributed by atoms with Crippen molar-refractivity contribution in [3.8, 4) is 0 Å². The number of ether oxygens (including phenoxy) is 1. The highest BCUT2D eigenvalue weighted by atomic mass is 32.1. The summed E-state index contributed by atoms with van der Waals surface area (Å²) in [5, 5.41) is 5.59. The van der Waals surface area contributed by atoms with Crippen molar-refractivity contribution in [2.75, 3.05) is 26.3 Å². The van der Waals surface area contributed by atoms with Crippen molar-refractivity contribution in [2.24, 2.45) is 0 Å². The average Bonchev–Trinajstić information content (AvgIpc) is 3.44. The van der Waals surface area contributed by atoms with Crippen LogP contribution >= 0.6 is 11.3 Å². The molecule has 170 valence electrons. The van der Waals surface area contributed by atoms with E-state index < -0.39 is 0 Å². The highest BCUT2D eigenvalue weighted by Crippen LogP contribution is 2.37. The zero-order chi connectivity index (χ0) is 22.4. The fourth-order valence-electron chi connectivity index (χ4n) is 4.86. The molecule has 4 aromatic rings. The van der Waals surface area contributed by atoms with Crippen molar-refractivity contribution in [1.29, 1.82) is 0 Å². The summed E-state index contributed by atoms with van der Waals surface area (Å²) in [6.07, 6.45) is 4.82. The van der Waals surface area contributed by atoms with Crippen LogP contribution < -0.4 is 5.69 Å². The van der Waals surface area contributed by atoms with Crippen LogP contribution in [0.5, 0.6) is 0 Å². The molecule has 6 rings (SSSR count). The van der Waals surface area contributed by atoms with E-state index in [4.69, 9.17) is 9.72 Å². The first kappa shape index (κ1) is 20.6. The van der Waals surface area contributed by atoms with Gasteiger partial charge in [-0.2, -0.15) is 4.52 Å². The minimum atomic E-state index is -0.301. The van der Waals surface area contributed by atoms with E-state index in [0.29, 0.717) is 44.2 Å². The van der Waals surface area contributed by atoms with Crippen molar-refractivity contribution >= 4 is 33.1 Å². The van der Waals surface area contributed by atoms with Gasteiger partial charge in [0.05, 0.1) is 18.6 Å². The van der Waals surface area contributed by atoms with Gasteiger partial charge in [0.25, 0.3) is 0 Å². The first-order valence-electron chi connectivity index (χ1n) is 11.5. The van der Waals surface area contributed by atoms with Gasteiger partial charge in [-0.3, -0.25) is 9.36 Å². The average molecular weight is 464 g/mol. The van der Waals surface area contributed by atoms with E-state index in [1.54, 1.807) is 20.8 Å². The predicted octanol–water partition coefficient (Wildman–Crippen LogP) is 2.43. The van der Waals surface area contributed by atoms with Crippen LogP contribution in [0.3, 0.4) is 0 Å². The maximum Gasteiger partial charge on any atom is 0.352 e. The number of carbonyl (C=O) groups excluding carboxylic acids is 1. The van der Waals surface area contributed by atoms with Crippen LogP contribution in [0.15, 0.2) is 35.1 Å². The molecular formula is C24H25N5O3S. The summed E-state index contributed by atoms with van der Waals surface area (Å²) >= 11 is 1.64. The molecule has 9 heteroatoms. The van der Waals surface area contributed by atoms with Crippen molar-refractivity contribution in [1.82, 2.24) is 24.1 Å². The number of thiophene rings is 1. The Morgan fingerprint density at radius 1 is 1.09 bits per heavy atom. The summed E-state index contributed by atoms with van der Waals surface area (Å²) in [7, 11) is 0. The van der Waals surface area contributed by atoms with Crippen molar-refractivity contribution < 1.29 is 9.53 Å². The molecule has 1 amide bonds. The molecule has 1 aliphatic heterocycles. The normalized spacial score (nSPS) is 16.4. The molecular weight excluding hydrogens is 438 g/mol. The quantitative estimate of drug-likeness (QED) is 0.464. The second kappa shape index (κ2) is 8.39. The maximum absolute atomic E-state index is 13.6. The van der Waals surface area contributed by atoms with Crippen LogP contribution in [-0.2, 0) is 35.3 Å². The van der Waals surface area contributed by atoms with E-state index in [1.165, 1.54) is 15.0 Å². The summed E-state index contributed by atoms with van der Waals surface area (Å²) in [5.74, 6) is 0.560. The Hall–Kier alpha value is -3.04. The molecule has 0 radical (unpaired) electrons. The SMILES string of the molecule is O=C(Cn1c(=O)n2nc(Cc3ccccc3)nc2c2c3c(sc21)CCCC3)N1CCOCC1. The second-order valence-electron chi connectivity index (χ2n) is 8.68. The molecule has 8 nitrogen and oxygen atoms in total. The third kappa shape index (κ3) is 3.65. The molecule has 33 heavy (non-hydrogen) atoms. The molecule has 3 aromatic heterocycles. The molecule has 1 aromatic carbocycles. The molecule has 0 saturated carbocycles. The summed E-state index contributed by atoms with van der Waals surface area (Å²) < 4.78 is 8.40.